The highest BCUT2D eigenvalue weighted by Gasteiger charge is 2.49. The second-order valence-corrected chi connectivity index (χ2v) is 26.0. The van der Waals surface area contributed by atoms with Crippen molar-refractivity contribution in [2.75, 3.05) is 39.6 Å². The van der Waals surface area contributed by atoms with Gasteiger partial charge in [-0.25, -0.2) is 0 Å². The van der Waals surface area contributed by atoms with Crippen molar-refractivity contribution < 1.29 is 33.5 Å². The van der Waals surface area contributed by atoms with Crippen molar-refractivity contribution in [3.8, 4) is 11.5 Å². The first-order chi connectivity index (χ1) is 40.9. The molecule has 8 aromatic rings. The first-order valence-electron chi connectivity index (χ1n) is 31.2. The second-order valence-electron chi connectivity index (χ2n) is 26.0. The Bertz CT molecular complexity index is 3600. The Hall–Kier alpha value is -6.84. The molecule has 0 spiro atoms. The summed E-state index contributed by atoms with van der Waals surface area (Å²) < 4.78 is 36.6. The predicted octanol–water partition coefficient (Wildman–Crippen LogP) is 15.3. The topological polar surface area (TPSA) is 82.2 Å². The number of ether oxygens (including phenoxy) is 6. The van der Waals surface area contributed by atoms with E-state index in [1.807, 2.05) is 0 Å². The van der Waals surface area contributed by atoms with Gasteiger partial charge in [-0.1, -0.05) is 158 Å². The highest BCUT2D eigenvalue weighted by molar-refractivity contribution is 5.65. The molecule has 14 rings (SSSR count). The first-order valence-corrected chi connectivity index (χ1v) is 31.2. The van der Waals surface area contributed by atoms with Crippen molar-refractivity contribution in [3.63, 3.8) is 0 Å². The molecule has 2 heterocycles. The molecule has 7 heteroatoms. The van der Waals surface area contributed by atoms with E-state index in [1.54, 1.807) is 0 Å². The molecule has 84 heavy (non-hydrogen) atoms. The number of fused-ring (bicyclic) bond motifs is 4. The van der Waals surface area contributed by atoms with Crippen LogP contribution in [0.2, 0.25) is 0 Å². The maximum atomic E-state index is 11.6. The van der Waals surface area contributed by atoms with Crippen molar-refractivity contribution in [2.45, 2.75) is 144 Å². The minimum absolute atomic E-state index is 0.100. The molecule has 1 N–H and O–H groups in total. The van der Waals surface area contributed by atoms with E-state index in [9.17, 15) is 5.11 Å². The number of aliphatic hydroxyl groups excluding tert-OH is 1. The van der Waals surface area contributed by atoms with E-state index in [0.717, 1.165) is 68.6 Å². The fourth-order valence-corrected chi connectivity index (χ4v) is 14.9. The predicted molar refractivity (Wildman–Crippen MR) is 332 cm³/mol. The molecular formula is C77H80O7. The van der Waals surface area contributed by atoms with Crippen molar-refractivity contribution in [2.24, 2.45) is 0 Å². The highest BCUT2D eigenvalue weighted by Crippen LogP contribution is 2.59. The molecule has 430 valence electrons. The minimum atomic E-state index is -0.847. The summed E-state index contributed by atoms with van der Waals surface area (Å²) >= 11 is 0. The van der Waals surface area contributed by atoms with Crippen molar-refractivity contribution in [1.29, 1.82) is 0 Å². The van der Waals surface area contributed by atoms with E-state index in [1.165, 1.54) is 104 Å². The number of hydrogen-bond donors (Lipinski definition) is 1. The summed E-state index contributed by atoms with van der Waals surface area (Å²) in [5.74, 6) is 2.06. The number of aliphatic hydroxyl groups is 1. The molecule has 6 aliphatic rings. The van der Waals surface area contributed by atoms with Crippen LogP contribution in [0.15, 0.2) is 182 Å². The summed E-state index contributed by atoms with van der Waals surface area (Å²) in [4.78, 5) is 0. The molecule has 8 aromatic carbocycles. The second kappa shape index (κ2) is 22.5. The van der Waals surface area contributed by atoms with Crippen molar-refractivity contribution in [3.05, 3.63) is 271 Å². The summed E-state index contributed by atoms with van der Waals surface area (Å²) in [5, 5.41) is 11.6. The maximum Gasteiger partial charge on any atom is 0.119 e. The number of rotatable bonds is 20. The summed E-state index contributed by atoms with van der Waals surface area (Å²) in [5.41, 5.74) is 19.7. The largest absolute Gasteiger partial charge is 0.491 e. The van der Waals surface area contributed by atoms with Crippen LogP contribution >= 0.6 is 0 Å². The van der Waals surface area contributed by atoms with Crippen LogP contribution in [-0.4, -0.2) is 63.1 Å². The molecule has 7 atom stereocenters. The Kier molecular flexibility index (Phi) is 14.8. The van der Waals surface area contributed by atoms with E-state index in [0.29, 0.717) is 19.0 Å². The Morgan fingerprint density at radius 2 is 0.833 bits per heavy atom. The summed E-state index contributed by atoms with van der Waals surface area (Å²) in [6.07, 6.45) is 10.8. The fraction of sp³-hybridized carbons (Fsp3) is 0.377. The van der Waals surface area contributed by atoms with Gasteiger partial charge in [0.15, 0.2) is 0 Å². The van der Waals surface area contributed by atoms with Crippen LogP contribution < -0.4 is 9.47 Å². The van der Waals surface area contributed by atoms with Crippen molar-refractivity contribution in [1.82, 2.24) is 0 Å². The van der Waals surface area contributed by atoms with Gasteiger partial charge in [0.25, 0.3) is 0 Å². The molecule has 0 radical (unpaired) electrons. The van der Waals surface area contributed by atoms with Gasteiger partial charge < -0.3 is 33.5 Å². The van der Waals surface area contributed by atoms with Gasteiger partial charge in [0.2, 0.25) is 0 Å². The van der Waals surface area contributed by atoms with Crippen LogP contribution in [-0.2, 0) is 66.7 Å². The lowest BCUT2D eigenvalue weighted by atomic mass is 9.68. The third kappa shape index (κ3) is 10.6. The normalized spacial score (nSPS) is 23.4. The monoisotopic (exact) mass is 1120 g/mol. The average molecular weight is 1120 g/mol. The van der Waals surface area contributed by atoms with E-state index in [2.05, 4.69) is 210 Å². The molecule has 2 aliphatic heterocycles. The lowest BCUT2D eigenvalue weighted by Gasteiger charge is -2.35. The number of benzene rings is 8. The minimum Gasteiger partial charge on any atom is -0.491 e. The summed E-state index contributed by atoms with van der Waals surface area (Å²) in [6.45, 7) is 11.4. The molecule has 0 amide bonds. The summed E-state index contributed by atoms with van der Waals surface area (Å²) in [6, 6.07) is 68.4. The van der Waals surface area contributed by atoms with E-state index >= 15 is 0 Å². The Morgan fingerprint density at radius 3 is 1.26 bits per heavy atom. The average Bonchev–Trinajstić information content (AvgIpc) is 2.34. The lowest BCUT2D eigenvalue weighted by molar-refractivity contribution is -0.0717. The Morgan fingerprint density at radius 1 is 0.452 bits per heavy atom. The van der Waals surface area contributed by atoms with Gasteiger partial charge in [0, 0.05) is 22.7 Å². The maximum absolute atomic E-state index is 11.6. The van der Waals surface area contributed by atoms with Gasteiger partial charge in [-0.2, -0.15) is 0 Å². The molecule has 2 saturated heterocycles. The third-order valence-electron chi connectivity index (χ3n) is 19.9. The van der Waals surface area contributed by atoms with Gasteiger partial charge in [0.1, 0.15) is 43.0 Å². The zero-order valence-corrected chi connectivity index (χ0v) is 49.4. The van der Waals surface area contributed by atoms with Crippen LogP contribution in [0.3, 0.4) is 0 Å². The SMILES string of the molecule is CC(C)(OCC(O)COc1ccc(C2(c3ccc(C(C)(C)OCC4CO4)cc3)CC(c3ccccc3)c3cc4c(cc32)CCCC4)cc1)c1ccc(C2(c3ccc(OCC4CO4)cc3)CC(c3ccccc3)c3cc4c(cc32)CCCC4)cc1. The van der Waals surface area contributed by atoms with E-state index in [-0.39, 0.29) is 37.3 Å². The van der Waals surface area contributed by atoms with Crippen LogP contribution in [0.1, 0.15) is 167 Å². The van der Waals surface area contributed by atoms with Gasteiger partial charge in [-0.3, -0.25) is 0 Å². The van der Waals surface area contributed by atoms with E-state index < -0.39 is 28.1 Å². The Balaban J connectivity index is 0.709. The van der Waals surface area contributed by atoms with E-state index in [4.69, 9.17) is 28.4 Å². The molecule has 7 nitrogen and oxygen atoms in total. The molecule has 2 fully saturated rings. The smallest absolute Gasteiger partial charge is 0.119 e. The van der Waals surface area contributed by atoms with Crippen LogP contribution in [0.5, 0.6) is 11.5 Å². The molecule has 0 bridgehead atoms. The fourth-order valence-electron chi connectivity index (χ4n) is 14.9. The first kappa shape index (κ1) is 55.1. The van der Waals surface area contributed by atoms with Gasteiger partial charge in [-0.15, -0.1) is 0 Å². The van der Waals surface area contributed by atoms with Crippen LogP contribution in [0.4, 0.5) is 0 Å². The Labute approximate surface area is 497 Å². The molecular weight excluding hydrogens is 1040 g/mol. The van der Waals surface area contributed by atoms with Crippen LogP contribution in [0.25, 0.3) is 0 Å². The quantitative estimate of drug-likeness (QED) is 0.0762. The zero-order chi connectivity index (χ0) is 57.0. The lowest BCUT2D eigenvalue weighted by Crippen LogP contribution is -2.31. The number of hydrogen-bond acceptors (Lipinski definition) is 7. The molecule has 4 aliphatic carbocycles. The van der Waals surface area contributed by atoms with Crippen molar-refractivity contribution >= 4 is 0 Å². The van der Waals surface area contributed by atoms with Gasteiger partial charge >= 0.3 is 0 Å². The standard InChI is InChI=1S/C77H80O7/c1-74(2,57-23-27-59(28-24-57)77(62-33-37-65(38-34-62)80-47-66-48-81-66)44-71(52-17-9-6-10-18-52)69-40-54-20-12-14-22-56(54)42-73(69)77)83-46-63(78)45-79-64-35-31-61(32-36-64)76(60-29-25-58(26-30-60)75(3,4)84-50-67-49-82-67)43-70(51-15-7-5-8-16-51)68-39-53-19-11-13-21-55(53)41-72(68)76/h5-10,15-18,23-42,63,66-67,70-71,78H,11-14,19-22,43-50H2,1-4H3. The highest BCUT2D eigenvalue weighted by atomic mass is 16.6. The number of epoxide rings is 2. The third-order valence-corrected chi connectivity index (χ3v) is 19.9. The number of aryl methyl sites for hydroxylation is 4. The molecule has 7 unspecified atom stereocenters. The van der Waals surface area contributed by atoms with Gasteiger partial charge in [-0.05, 0) is 205 Å². The van der Waals surface area contributed by atoms with Crippen LogP contribution in [0, 0.1) is 0 Å². The zero-order valence-electron chi connectivity index (χ0n) is 49.4. The summed E-state index contributed by atoms with van der Waals surface area (Å²) in [7, 11) is 0. The molecule has 0 aromatic heterocycles. The van der Waals surface area contributed by atoms with Gasteiger partial charge in [0.05, 0.1) is 37.6 Å². The molecule has 0 saturated carbocycles.